The SMILES string of the molecule is CNC(=O)[C@@H](C)OC(=O)c1cc(S(=O)(=O)Nc2cccc(C)c2)ccc1Cl. The predicted octanol–water partition coefficient (Wildman–Crippen LogP) is 2.74. The highest BCUT2D eigenvalue weighted by Gasteiger charge is 2.23. The lowest BCUT2D eigenvalue weighted by molar-refractivity contribution is -0.128. The predicted molar refractivity (Wildman–Crippen MR) is 102 cm³/mol. The van der Waals surface area contributed by atoms with Gasteiger partial charge in [-0.2, -0.15) is 0 Å². The van der Waals surface area contributed by atoms with E-state index in [1.807, 2.05) is 13.0 Å². The van der Waals surface area contributed by atoms with Crippen LogP contribution in [0.25, 0.3) is 0 Å². The quantitative estimate of drug-likeness (QED) is 0.713. The normalized spacial score (nSPS) is 12.1. The van der Waals surface area contributed by atoms with Crippen LogP contribution in [0, 0.1) is 6.92 Å². The Balaban J connectivity index is 2.30. The summed E-state index contributed by atoms with van der Waals surface area (Å²) in [4.78, 5) is 23.6. The third-order valence-corrected chi connectivity index (χ3v) is 5.35. The van der Waals surface area contributed by atoms with E-state index in [4.69, 9.17) is 16.3 Å². The monoisotopic (exact) mass is 410 g/mol. The third-order valence-electron chi connectivity index (χ3n) is 3.64. The largest absolute Gasteiger partial charge is 0.449 e. The summed E-state index contributed by atoms with van der Waals surface area (Å²) in [6.45, 7) is 3.23. The summed E-state index contributed by atoms with van der Waals surface area (Å²) < 4.78 is 32.7. The summed E-state index contributed by atoms with van der Waals surface area (Å²) in [5.74, 6) is -1.40. The molecule has 0 aliphatic carbocycles. The fraction of sp³-hybridized carbons (Fsp3) is 0.222. The third kappa shape index (κ3) is 5.21. The molecular weight excluding hydrogens is 392 g/mol. The number of anilines is 1. The molecule has 1 atom stereocenters. The topological polar surface area (TPSA) is 102 Å². The summed E-state index contributed by atoms with van der Waals surface area (Å²) in [6, 6.07) is 10.5. The number of ether oxygens (including phenoxy) is 1. The number of hydrogen-bond acceptors (Lipinski definition) is 5. The molecule has 0 radical (unpaired) electrons. The molecule has 2 N–H and O–H groups in total. The zero-order valence-electron chi connectivity index (χ0n) is 14.9. The molecule has 2 aromatic carbocycles. The highest BCUT2D eigenvalue weighted by Crippen LogP contribution is 2.24. The first kappa shape index (κ1) is 20.7. The molecule has 0 fully saturated rings. The van der Waals surface area contributed by atoms with Gasteiger partial charge in [-0.25, -0.2) is 13.2 Å². The van der Waals surface area contributed by atoms with Gasteiger partial charge < -0.3 is 10.1 Å². The number of amides is 1. The van der Waals surface area contributed by atoms with Crippen LogP contribution in [-0.4, -0.2) is 33.4 Å². The molecule has 0 spiro atoms. The van der Waals surface area contributed by atoms with Crippen molar-refractivity contribution in [1.82, 2.24) is 5.32 Å². The van der Waals surface area contributed by atoms with Crippen LogP contribution in [0.1, 0.15) is 22.8 Å². The maximum atomic E-state index is 12.6. The standard InChI is InChI=1S/C18H19ClN2O5S/c1-11-5-4-6-13(9-11)21-27(24,25)14-7-8-16(19)15(10-14)18(23)26-12(2)17(22)20-3/h4-10,12,21H,1-3H3,(H,20,22)/t12-/m1/s1. The van der Waals surface area contributed by atoms with E-state index in [-0.39, 0.29) is 15.5 Å². The summed E-state index contributed by atoms with van der Waals surface area (Å²) in [6.07, 6.45) is -1.05. The number of hydrogen-bond donors (Lipinski definition) is 2. The maximum Gasteiger partial charge on any atom is 0.340 e. The second kappa shape index (κ2) is 8.41. The van der Waals surface area contributed by atoms with Crippen LogP contribution in [0.15, 0.2) is 47.4 Å². The summed E-state index contributed by atoms with van der Waals surface area (Å²) >= 11 is 6.00. The Kier molecular flexibility index (Phi) is 6.45. The van der Waals surface area contributed by atoms with Gasteiger partial charge in [0.2, 0.25) is 0 Å². The van der Waals surface area contributed by atoms with Crippen molar-refractivity contribution in [3.8, 4) is 0 Å². The molecule has 0 bridgehead atoms. The summed E-state index contributed by atoms with van der Waals surface area (Å²) in [7, 11) is -2.54. The average Bonchev–Trinajstić information content (AvgIpc) is 2.60. The smallest absolute Gasteiger partial charge is 0.340 e. The van der Waals surface area contributed by atoms with Gasteiger partial charge in [-0.05, 0) is 49.7 Å². The number of halogens is 1. The minimum Gasteiger partial charge on any atom is -0.449 e. The van der Waals surface area contributed by atoms with E-state index in [0.29, 0.717) is 5.69 Å². The maximum absolute atomic E-state index is 12.6. The number of carbonyl (C=O) groups is 2. The molecule has 2 aromatic rings. The van der Waals surface area contributed by atoms with E-state index >= 15 is 0 Å². The highest BCUT2D eigenvalue weighted by atomic mass is 35.5. The number of nitrogens with one attached hydrogen (secondary N) is 2. The molecule has 2 rings (SSSR count). The van der Waals surface area contributed by atoms with Gasteiger partial charge >= 0.3 is 5.97 Å². The molecule has 0 aliphatic rings. The van der Waals surface area contributed by atoms with Crippen molar-refractivity contribution in [2.24, 2.45) is 0 Å². The molecule has 0 unspecified atom stereocenters. The van der Waals surface area contributed by atoms with E-state index in [2.05, 4.69) is 10.0 Å². The molecule has 0 heterocycles. The second-order valence-corrected chi connectivity index (χ2v) is 7.87. The first-order chi connectivity index (χ1) is 12.6. The van der Waals surface area contributed by atoms with Crippen molar-refractivity contribution in [3.63, 3.8) is 0 Å². The highest BCUT2D eigenvalue weighted by molar-refractivity contribution is 7.92. The van der Waals surface area contributed by atoms with Gasteiger partial charge in [0.25, 0.3) is 15.9 Å². The zero-order chi connectivity index (χ0) is 20.2. The second-order valence-electron chi connectivity index (χ2n) is 5.78. The molecular formula is C18H19ClN2O5S. The van der Waals surface area contributed by atoms with Gasteiger partial charge in [-0.3, -0.25) is 9.52 Å². The lowest BCUT2D eigenvalue weighted by Gasteiger charge is -2.14. The van der Waals surface area contributed by atoms with Crippen LogP contribution in [0.4, 0.5) is 5.69 Å². The lowest BCUT2D eigenvalue weighted by Crippen LogP contribution is -2.33. The van der Waals surface area contributed by atoms with Crippen LogP contribution in [0.2, 0.25) is 5.02 Å². The van der Waals surface area contributed by atoms with E-state index in [9.17, 15) is 18.0 Å². The van der Waals surface area contributed by atoms with Crippen molar-refractivity contribution in [2.75, 3.05) is 11.8 Å². The van der Waals surface area contributed by atoms with E-state index in [1.54, 1.807) is 18.2 Å². The Morgan fingerprint density at radius 3 is 2.48 bits per heavy atom. The molecule has 27 heavy (non-hydrogen) atoms. The zero-order valence-corrected chi connectivity index (χ0v) is 16.5. The number of likely N-dealkylation sites (N-methyl/N-ethyl adjacent to an activating group) is 1. The van der Waals surface area contributed by atoms with Gasteiger partial charge in [0, 0.05) is 12.7 Å². The molecule has 1 amide bonds. The van der Waals surface area contributed by atoms with Gasteiger partial charge in [0.1, 0.15) is 0 Å². The van der Waals surface area contributed by atoms with Gasteiger partial charge in [0.05, 0.1) is 15.5 Å². The Morgan fingerprint density at radius 2 is 1.85 bits per heavy atom. The van der Waals surface area contributed by atoms with Crippen molar-refractivity contribution < 1.29 is 22.7 Å². The molecule has 9 heteroatoms. The molecule has 0 aromatic heterocycles. The Bertz CT molecular complexity index is 975. The van der Waals surface area contributed by atoms with Crippen LogP contribution < -0.4 is 10.0 Å². The van der Waals surface area contributed by atoms with Gasteiger partial charge in [-0.15, -0.1) is 0 Å². The van der Waals surface area contributed by atoms with Gasteiger partial charge in [0.15, 0.2) is 6.10 Å². The number of rotatable bonds is 6. The number of sulfonamides is 1. The lowest BCUT2D eigenvalue weighted by atomic mass is 10.2. The van der Waals surface area contributed by atoms with E-state index in [1.165, 1.54) is 26.1 Å². The molecule has 144 valence electrons. The van der Waals surface area contributed by atoms with Crippen molar-refractivity contribution in [3.05, 3.63) is 58.6 Å². The van der Waals surface area contributed by atoms with Crippen LogP contribution in [-0.2, 0) is 19.6 Å². The molecule has 0 saturated heterocycles. The van der Waals surface area contributed by atoms with Crippen molar-refractivity contribution >= 4 is 39.2 Å². The first-order valence-electron chi connectivity index (χ1n) is 7.95. The van der Waals surface area contributed by atoms with E-state index in [0.717, 1.165) is 11.6 Å². The Labute approximate surface area is 162 Å². The minimum atomic E-state index is -3.95. The van der Waals surface area contributed by atoms with Crippen LogP contribution in [0.3, 0.4) is 0 Å². The molecule has 0 saturated carbocycles. The summed E-state index contributed by atoms with van der Waals surface area (Å²) in [5.41, 5.74) is 1.13. The van der Waals surface area contributed by atoms with Crippen molar-refractivity contribution in [2.45, 2.75) is 24.8 Å². The van der Waals surface area contributed by atoms with Crippen LogP contribution >= 0.6 is 11.6 Å². The fourth-order valence-corrected chi connectivity index (χ4v) is 3.50. The first-order valence-corrected chi connectivity index (χ1v) is 9.82. The van der Waals surface area contributed by atoms with Gasteiger partial charge in [-0.1, -0.05) is 23.7 Å². The summed E-state index contributed by atoms with van der Waals surface area (Å²) in [5, 5.41) is 2.36. The minimum absolute atomic E-state index is 0.0126. The van der Waals surface area contributed by atoms with Crippen LogP contribution in [0.5, 0.6) is 0 Å². The number of benzene rings is 2. The van der Waals surface area contributed by atoms with Crippen molar-refractivity contribution in [1.29, 1.82) is 0 Å². The number of esters is 1. The number of carbonyl (C=O) groups excluding carboxylic acids is 2. The Hall–Kier alpha value is -2.58. The molecule has 0 aliphatic heterocycles. The Morgan fingerprint density at radius 1 is 1.15 bits per heavy atom. The fourth-order valence-electron chi connectivity index (χ4n) is 2.23. The molecule has 7 nitrogen and oxygen atoms in total. The number of aryl methyl sites for hydroxylation is 1. The average molecular weight is 411 g/mol. The van der Waals surface area contributed by atoms with E-state index < -0.39 is 28.0 Å².